The Kier molecular flexibility index (Phi) is 10.2. The predicted molar refractivity (Wildman–Crippen MR) is 98.3 cm³/mol. The maximum atomic E-state index is 12.0. The van der Waals surface area contributed by atoms with E-state index in [-0.39, 0.29) is 31.2 Å². The third-order valence-corrected chi connectivity index (χ3v) is 3.93. The topological polar surface area (TPSA) is 105 Å². The second-order valence-electron chi connectivity index (χ2n) is 6.67. The lowest BCUT2D eigenvalue weighted by Gasteiger charge is -2.23. The Hall–Kier alpha value is -2.38. The monoisotopic (exact) mass is 369 g/mol. The molecular weight excluding hydrogens is 338 g/mol. The van der Waals surface area contributed by atoms with Gasteiger partial charge in [-0.2, -0.15) is 0 Å². The molecule has 0 heterocycles. The molecule has 0 aromatic carbocycles. The number of nitrogens with zero attached hydrogens (tertiary/aromatic N) is 1. The summed E-state index contributed by atoms with van der Waals surface area (Å²) in [5.41, 5.74) is -0.172. The van der Waals surface area contributed by atoms with Crippen molar-refractivity contribution < 1.29 is 23.9 Å². The van der Waals surface area contributed by atoms with Crippen LogP contribution >= 0.6 is 0 Å². The average molecular weight is 369 g/mol. The van der Waals surface area contributed by atoms with Crippen molar-refractivity contribution in [3.05, 3.63) is 12.2 Å². The standard InChI is InChI=1S/C18H31N3O5/c1-7-18(5,6)16(24)19-9-8-11-21(14(4)22)17(25)20-10-12-26-15(23)13(2)3/h2,7-12H2,1,3-6H3,(H,19,24)(H,20,25). The van der Waals surface area contributed by atoms with E-state index >= 15 is 0 Å². The highest BCUT2D eigenvalue weighted by Crippen LogP contribution is 2.19. The van der Waals surface area contributed by atoms with Crippen LogP contribution in [0.4, 0.5) is 4.79 Å². The van der Waals surface area contributed by atoms with Gasteiger partial charge >= 0.3 is 12.0 Å². The van der Waals surface area contributed by atoms with E-state index in [1.54, 1.807) is 0 Å². The van der Waals surface area contributed by atoms with Crippen molar-refractivity contribution in [2.45, 2.75) is 47.5 Å². The molecule has 2 N–H and O–H groups in total. The third kappa shape index (κ3) is 8.64. The highest BCUT2D eigenvalue weighted by atomic mass is 16.5. The van der Waals surface area contributed by atoms with Crippen molar-refractivity contribution in [1.29, 1.82) is 0 Å². The number of hydrogen-bond donors (Lipinski definition) is 2. The van der Waals surface area contributed by atoms with Crippen molar-refractivity contribution in [3.63, 3.8) is 0 Å². The highest BCUT2D eigenvalue weighted by Gasteiger charge is 2.24. The molecule has 0 aliphatic rings. The Morgan fingerprint density at radius 3 is 2.19 bits per heavy atom. The molecule has 0 radical (unpaired) electrons. The van der Waals surface area contributed by atoms with Crippen LogP contribution in [0.5, 0.6) is 0 Å². The summed E-state index contributed by atoms with van der Waals surface area (Å²) in [5, 5.41) is 5.32. The molecule has 0 saturated carbocycles. The highest BCUT2D eigenvalue weighted by molar-refractivity contribution is 5.93. The van der Waals surface area contributed by atoms with Crippen LogP contribution < -0.4 is 10.6 Å². The van der Waals surface area contributed by atoms with E-state index in [9.17, 15) is 19.2 Å². The number of nitrogens with one attached hydrogen (secondary N) is 2. The molecule has 0 aliphatic heterocycles. The minimum atomic E-state index is -0.566. The second-order valence-corrected chi connectivity index (χ2v) is 6.67. The Labute approximate surface area is 155 Å². The zero-order chi connectivity index (χ0) is 20.3. The van der Waals surface area contributed by atoms with Gasteiger partial charge in [0.15, 0.2) is 0 Å². The number of urea groups is 1. The Morgan fingerprint density at radius 1 is 1.08 bits per heavy atom. The van der Waals surface area contributed by atoms with Crippen LogP contribution in [0.15, 0.2) is 12.2 Å². The quantitative estimate of drug-likeness (QED) is 0.346. The van der Waals surface area contributed by atoms with Crippen molar-refractivity contribution in [2.24, 2.45) is 5.41 Å². The summed E-state index contributed by atoms with van der Waals surface area (Å²) in [6.07, 6.45) is 1.17. The number of rotatable bonds is 10. The molecule has 0 spiro atoms. The number of ether oxygens (including phenoxy) is 1. The molecule has 4 amide bonds. The smallest absolute Gasteiger partial charge is 0.333 e. The summed E-state index contributed by atoms with van der Waals surface area (Å²) in [5.74, 6) is -0.992. The van der Waals surface area contributed by atoms with Crippen LogP contribution in [0.2, 0.25) is 0 Å². The molecule has 0 aromatic heterocycles. The molecule has 0 aromatic rings. The first kappa shape index (κ1) is 23.6. The molecule has 0 bridgehead atoms. The molecule has 0 fully saturated rings. The fraction of sp³-hybridized carbons (Fsp3) is 0.667. The molecule has 148 valence electrons. The molecular formula is C18H31N3O5. The van der Waals surface area contributed by atoms with E-state index in [2.05, 4.69) is 17.2 Å². The van der Waals surface area contributed by atoms with Crippen LogP contribution in [0.3, 0.4) is 0 Å². The molecule has 0 atom stereocenters. The minimum Gasteiger partial charge on any atom is -0.460 e. The maximum absolute atomic E-state index is 12.0. The Bertz CT molecular complexity index is 543. The van der Waals surface area contributed by atoms with Gasteiger partial charge in [-0.3, -0.25) is 14.5 Å². The van der Waals surface area contributed by atoms with E-state index in [1.165, 1.54) is 13.8 Å². The summed E-state index contributed by atoms with van der Waals surface area (Å²) >= 11 is 0. The number of imide groups is 1. The number of carbonyl (C=O) groups is 4. The summed E-state index contributed by atoms with van der Waals surface area (Å²) in [4.78, 5) is 47.9. The van der Waals surface area contributed by atoms with Crippen LogP contribution in [-0.4, -0.2) is 55.0 Å². The predicted octanol–water partition coefficient (Wildman–Crippen LogP) is 1.61. The van der Waals surface area contributed by atoms with Gasteiger partial charge in [0, 0.05) is 31.0 Å². The molecule has 8 heteroatoms. The maximum Gasteiger partial charge on any atom is 0.333 e. The molecule has 0 unspecified atom stereocenters. The lowest BCUT2D eigenvalue weighted by molar-refractivity contribution is -0.138. The van der Waals surface area contributed by atoms with Crippen molar-refractivity contribution in [1.82, 2.24) is 15.5 Å². The molecule has 8 nitrogen and oxygen atoms in total. The number of hydrogen-bond acceptors (Lipinski definition) is 5. The first-order valence-corrected chi connectivity index (χ1v) is 8.69. The number of carbonyl (C=O) groups excluding carboxylic acids is 4. The Morgan fingerprint density at radius 2 is 1.69 bits per heavy atom. The van der Waals surface area contributed by atoms with Crippen LogP contribution in [-0.2, 0) is 19.1 Å². The van der Waals surface area contributed by atoms with E-state index in [0.717, 1.165) is 11.3 Å². The van der Waals surface area contributed by atoms with E-state index < -0.39 is 23.3 Å². The zero-order valence-electron chi connectivity index (χ0n) is 16.4. The molecule has 0 saturated heterocycles. The van der Waals surface area contributed by atoms with Crippen molar-refractivity contribution in [3.8, 4) is 0 Å². The van der Waals surface area contributed by atoms with Gasteiger partial charge in [0.2, 0.25) is 11.8 Å². The zero-order valence-corrected chi connectivity index (χ0v) is 16.4. The molecule has 0 rings (SSSR count). The van der Waals surface area contributed by atoms with E-state index in [0.29, 0.717) is 13.0 Å². The lowest BCUT2D eigenvalue weighted by Crippen LogP contribution is -2.45. The second kappa shape index (κ2) is 11.3. The lowest BCUT2D eigenvalue weighted by atomic mass is 9.89. The minimum absolute atomic E-state index is 0.00860. The van der Waals surface area contributed by atoms with Crippen LogP contribution in [0.1, 0.15) is 47.5 Å². The van der Waals surface area contributed by atoms with Gasteiger partial charge in [-0.15, -0.1) is 0 Å². The number of amides is 4. The summed E-state index contributed by atoms with van der Waals surface area (Å²) in [6, 6.07) is -0.566. The van der Waals surface area contributed by atoms with Gasteiger partial charge in [-0.25, -0.2) is 9.59 Å². The third-order valence-electron chi connectivity index (χ3n) is 3.93. The van der Waals surface area contributed by atoms with Crippen molar-refractivity contribution >= 4 is 23.8 Å². The van der Waals surface area contributed by atoms with Gasteiger partial charge < -0.3 is 15.4 Å². The normalized spacial score (nSPS) is 10.7. The number of esters is 1. The van der Waals surface area contributed by atoms with Gasteiger partial charge in [0.05, 0.1) is 6.54 Å². The molecule has 0 aliphatic carbocycles. The van der Waals surface area contributed by atoms with E-state index in [1.807, 2.05) is 20.8 Å². The van der Waals surface area contributed by atoms with Crippen molar-refractivity contribution in [2.75, 3.05) is 26.2 Å². The first-order valence-electron chi connectivity index (χ1n) is 8.69. The van der Waals surface area contributed by atoms with Gasteiger partial charge in [-0.1, -0.05) is 27.4 Å². The van der Waals surface area contributed by atoms with Crippen LogP contribution in [0.25, 0.3) is 0 Å². The van der Waals surface area contributed by atoms with E-state index in [4.69, 9.17) is 4.74 Å². The fourth-order valence-electron chi connectivity index (χ4n) is 1.76. The largest absolute Gasteiger partial charge is 0.460 e. The summed E-state index contributed by atoms with van der Waals surface area (Å²) in [7, 11) is 0. The summed E-state index contributed by atoms with van der Waals surface area (Å²) < 4.78 is 4.86. The Balaban J connectivity index is 4.25. The van der Waals surface area contributed by atoms with Gasteiger partial charge in [0.25, 0.3) is 0 Å². The SMILES string of the molecule is C=C(C)C(=O)OCCNC(=O)N(CCCNC(=O)C(C)(C)CC)C(C)=O. The first-order chi connectivity index (χ1) is 12.0. The fourth-order valence-corrected chi connectivity index (χ4v) is 1.76. The summed E-state index contributed by atoms with van der Waals surface area (Å²) in [6.45, 7) is 12.6. The van der Waals surface area contributed by atoms with Gasteiger partial charge in [-0.05, 0) is 19.8 Å². The molecule has 26 heavy (non-hydrogen) atoms. The van der Waals surface area contributed by atoms with Crippen LogP contribution in [0, 0.1) is 5.41 Å². The van der Waals surface area contributed by atoms with Gasteiger partial charge in [0.1, 0.15) is 6.61 Å². The average Bonchev–Trinajstić information content (AvgIpc) is 2.57.